The molecule has 0 saturated carbocycles. The quantitative estimate of drug-likeness (QED) is 0.667. The van der Waals surface area contributed by atoms with Gasteiger partial charge in [-0.1, -0.05) is 30.3 Å². The Balaban J connectivity index is 2.38. The fourth-order valence-electron chi connectivity index (χ4n) is 0.999. The second-order valence-electron chi connectivity index (χ2n) is 2.99. The molecule has 1 unspecified atom stereocenters. The molecule has 1 aromatic rings. The third-order valence-electron chi connectivity index (χ3n) is 1.84. The highest BCUT2D eigenvalue weighted by atomic mass is 16.3. The maximum atomic E-state index is 11.2. The Morgan fingerprint density at radius 1 is 1.43 bits per heavy atom. The smallest absolute Gasteiger partial charge is 0.216 e. The van der Waals surface area contributed by atoms with Gasteiger partial charge in [0, 0.05) is 19.0 Å². The third kappa shape index (κ3) is 3.22. The molecule has 2 radical (unpaired) electrons. The molecule has 1 rings (SSSR count). The Morgan fingerprint density at radius 3 is 2.64 bits per heavy atom. The monoisotopic (exact) mass is 189 g/mol. The Hall–Kier alpha value is -1.29. The summed E-state index contributed by atoms with van der Waals surface area (Å²) in [6.07, 6.45) is 0. The van der Waals surface area contributed by atoms with Crippen LogP contribution in [0.4, 0.5) is 0 Å². The van der Waals surface area contributed by atoms with E-state index in [1.165, 1.54) is 0 Å². The number of benzene rings is 1. The molecule has 0 heterocycles. The summed E-state index contributed by atoms with van der Waals surface area (Å²) >= 11 is 0. The summed E-state index contributed by atoms with van der Waals surface area (Å²) in [5.74, 6) is -1.17. The van der Waals surface area contributed by atoms with Crippen molar-refractivity contribution >= 4 is 13.8 Å². The van der Waals surface area contributed by atoms with E-state index < -0.39 is 5.82 Å². The molecule has 0 aliphatic heterocycles. The van der Waals surface area contributed by atoms with E-state index in [0.717, 1.165) is 5.56 Å². The first kappa shape index (κ1) is 10.8. The minimum Gasteiger partial charge on any atom is -0.396 e. The van der Waals surface area contributed by atoms with Crippen LogP contribution in [-0.4, -0.2) is 25.5 Å². The van der Waals surface area contributed by atoms with Crippen molar-refractivity contribution in [1.29, 1.82) is 0 Å². The van der Waals surface area contributed by atoms with E-state index in [2.05, 4.69) is 5.32 Å². The van der Waals surface area contributed by atoms with Crippen LogP contribution in [0, 0.1) is 0 Å². The molecule has 0 bridgehead atoms. The van der Waals surface area contributed by atoms with Gasteiger partial charge in [-0.2, -0.15) is 0 Å². The van der Waals surface area contributed by atoms with Gasteiger partial charge in [-0.3, -0.25) is 4.79 Å². The maximum absolute atomic E-state index is 11.2. The van der Waals surface area contributed by atoms with Crippen molar-refractivity contribution in [1.82, 2.24) is 5.32 Å². The zero-order chi connectivity index (χ0) is 10.4. The van der Waals surface area contributed by atoms with Crippen molar-refractivity contribution in [2.45, 2.75) is 12.4 Å². The number of aliphatic hydroxyl groups excluding tert-OH is 1. The van der Waals surface area contributed by atoms with Gasteiger partial charge in [-0.15, -0.1) is 0 Å². The van der Waals surface area contributed by atoms with Gasteiger partial charge < -0.3 is 10.4 Å². The van der Waals surface area contributed by atoms with Gasteiger partial charge in [-0.25, -0.2) is 0 Å². The van der Waals surface area contributed by atoms with E-state index in [4.69, 9.17) is 13.0 Å². The van der Waals surface area contributed by atoms with Crippen molar-refractivity contribution < 1.29 is 9.90 Å². The molecule has 0 spiro atoms. The average molecular weight is 189 g/mol. The van der Waals surface area contributed by atoms with E-state index in [1.807, 2.05) is 30.3 Å². The van der Waals surface area contributed by atoms with Gasteiger partial charge in [0.05, 0.1) is 7.85 Å². The summed E-state index contributed by atoms with van der Waals surface area (Å²) in [6.45, 7) is 0.105. The van der Waals surface area contributed by atoms with Crippen molar-refractivity contribution in [2.24, 2.45) is 0 Å². The van der Waals surface area contributed by atoms with E-state index >= 15 is 0 Å². The molecule has 0 aliphatic carbocycles. The van der Waals surface area contributed by atoms with Crippen molar-refractivity contribution in [3.05, 3.63) is 35.9 Å². The molecule has 1 aromatic carbocycles. The van der Waals surface area contributed by atoms with Gasteiger partial charge in [0.1, 0.15) is 0 Å². The van der Waals surface area contributed by atoms with Crippen LogP contribution in [0.25, 0.3) is 0 Å². The van der Waals surface area contributed by atoms with Gasteiger partial charge in [0.15, 0.2) is 0 Å². The molecule has 4 heteroatoms. The Kier molecular flexibility index (Phi) is 4.20. The van der Waals surface area contributed by atoms with E-state index in [1.54, 1.807) is 0 Å². The molecular formula is C10H12BNO2. The first-order chi connectivity index (χ1) is 6.74. The predicted molar refractivity (Wildman–Crippen MR) is 54.9 cm³/mol. The SMILES string of the molecule is [B]C(CO)C(=O)NCc1ccccc1. The first-order valence-electron chi connectivity index (χ1n) is 4.42. The second-order valence-corrected chi connectivity index (χ2v) is 2.99. The van der Waals surface area contributed by atoms with Crippen LogP contribution >= 0.6 is 0 Å². The van der Waals surface area contributed by atoms with E-state index in [9.17, 15) is 4.79 Å². The molecule has 3 nitrogen and oxygen atoms in total. The molecule has 72 valence electrons. The van der Waals surface area contributed by atoms with Crippen molar-refractivity contribution in [2.75, 3.05) is 6.61 Å². The molecular weight excluding hydrogens is 177 g/mol. The summed E-state index contributed by atoms with van der Waals surface area (Å²) in [4.78, 5) is 11.2. The lowest BCUT2D eigenvalue weighted by Gasteiger charge is -2.09. The second kappa shape index (κ2) is 5.45. The Labute approximate surface area is 84.5 Å². The lowest BCUT2D eigenvalue weighted by atomic mass is 9.87. The Morgan fingerprint density at radius 2 is 2.07 bits per heavy atom. The summed E-state index contributed by atoms with van der Waals surface area (Å²) in [5.41, 5.74) is 1.01. The molecule has 0 fully saturated rings. The number of carbonyl (C=O) groups is 1. The lowest BCUT2D eigenvalue weighted by Crippen LogP contribution is -2.28. The largest absolute Gasteiger partial charge is 0.396 e. The summed E-state index contributed by atoms with van der Waals surface area (Å²) in [6, 6.07) is 9.52. The lowest BCUT2D eigenvalue weighted by molar-refractivity contribution is -0.121. The zero-order valence-electron chi connectivity index (χ0n) is 7.81. The number of hydrogen-bond acceptors (Lipinski definition) is 2. The van der Waals surface area contributed by atoms with Crippen LogP contribution in [0.15, 0.2) is 30.3 Å². The minimum atomic E-state index is -0.835. The van der Waals surface area contributed by atoms with Crippen LogP contribution in [0.1, 0.15) is 5.56 Å². The van der Waals surface area contributed by atoms with Crippen LogP contribution in [0.3, 0.4) is 0 Å². The van der Waals surface area contributed by atoms with E-state index in [-0.39, 0.29) is 12.5 Å². The van der Waals surface area contributed by atoms with Crippen molar-refractivity contribution in [3.63, 3.8) is 0 Å². The van der Waals surface area contributed by atoms with Crippen LogP contribution in [0.5, 0.6) is 0 Å². The Bertz CT molecular complexity index is 289. The van der Waals surface area contributed by atoms with Crippen molar-refractivity contribution in [3.8, 4) is 0 Å². The number of carbonyl (C=O) groups excluding carboxylic acids is 1. The number of amides is 1. The van der Waals surface area contributed by atoms with Crippen LogP contribution in [-0.2, 0) is 11.3 Å². The summed E-state index contributed by atoms with van der Waals surface area (Å²) in [5, 5.41) is 11.2. The fourth-order valence-corrected chi connectivity index (χ4v) is 0.999. The molecule has 14 heavy (non-hydrogen) atoms. The topological polar surface area (TPSA) is 49.3 Å². The number of aliphatic hydroxyl groups is 1. The predicted octanol–water partition coefficient (Wildman–Crippen LogP) is 0.252. The average Bonchev–Trinajstić information content (AvgIpc) is 2.26. The van der Waals surface area contributed by atoms with Gasteiger partial charge in [0.2, 0.25) is 5.91 Å². The molecule has 1 amide bonds. The molecule has 0 aliphatic rings. The standard InChI is InChI=1S/C10H12BNO2/c11-9(7-13)10(14)12-6-8-4-2-1-3-5-8/h1-5,9,13H,6-7H2,(H,12,14). The molecule has 0 saturated heterocycles. The summed E-state index contributed by atoms with van der Waals surface area (Å²) in [7, 11) is 5.32. The minimum absolute atomic E-state index is 0.333. The fraction of sp³-hybridized carbons (Fsp3) is 0.300. The maximum Gasteiger partial charge on any atom is 0.216 e. The van der Waals surface area contributed by atoms with E-state index in [0.29, 0.717) is 6.54 Å². The number of hydrogen-bond donors (Lipinski definition) is 2. The number of rotatable bonds is 4. The zero-order valence-corrected chi connectivity index (χ0v) is 7.81. The molecule has 1 atom stereocenters. The van der Waals surface area contributed by atoms with Crippen LogP contribution < -0.4 is 5.32 Å². The normalized spacial score (nSPS) is 12.1. The number of nitrogens with one attached hydrogen (secondary N) is 1. The van der Waals surface area contributed by atoms with Gasteiger partial charge >= 0.3 is 0 Å². The highest BCUT2D eigenvalue weighted by Gasteiger charge is 2.09. The third-order valence-corrected chi connectivity index (χ3v) is 1.84. The molecule has 0 aromatic heterocycles. The van der Waals surface area contributed by atoms with Crippen LogP contribution in [0.2, 0.25) is 5.82 Å². The summed E-state index contributed by atoms with van der Waals surface area (Å²) < 4.78 is 0. The van der Waals surface area contributed by atoms with Gasteiger partial charge in [0.25, 0.3) is 0 Å². The highest BCUT2D eigenvalue weighted by molar-refractivity contribution is 6.23. The first-order valence-corrected chi connectivity index (χ1v) is 4.42. The van der Waals surface area contributed by atoms with Gasteiger partial charge in [-0.05, 0) is 5.56 Å². The highest BCUT2D eigenvalue weighted by Crippen LogP contribution is 2.00. The molecule has 2 N–H and O–H groups in total.